The van der Waals surface area contributed by atoms with Crippen LogP contribution < -0.4 is 21.3 Å². The fourth-order valence-electron chi connectivity index (χ4n) is 6.00. The van der Waals surface area contributed by atoms with Crippen LogP contribution in [0.4, 0.5) is 0 Å². The highest BCUT2D eigenvalue weighted by molar-refractivity contribution is 7.61. The summed E-state index contributed by atoms with van der Waals surface area (Å²) in [5.74, 6) is 0. The van der Waals surface area contributed by atoms with Crippen molar-refractivity contribution in [2.24, 2.45) is 0 Å². The molecule has 0 bridgehead atoms. The van der Waals surface area contributed by atoms with Gasteiger partial charge in [0.2, 0.25) is 0 Å². The summed E-state index contributed by atoms with van der Waals surface area (Å²) in [5, 5.41) is 17.7. The molecule has 2 fully saturated rings. The molecule has 4 nitrogen and oxygen atoms in total. The number of hydrogen-bond acceptors (Lipinski definition) is 4. The van der Waals surface area contributed by atoms with Gasteiger partial charge in [0.05, 0.1) is 8.07 Å². The molecule has 4 N–H and O–H groups in total. The van der Waals surface area contributed by atoms with Crippen molar-refractivity contribution in [3.8, 4) is 0 Å². The first-order valence-electron chi connectivity index (χ1n) is 13.0. The number of piperazine rings is 2. The van der Waals surface area contributed by atoms with Crippen LogP contribution in [0.2, 0.25) is 19.6 Å². The molecule has 33 heavy (non-hydrogen) atoms. The minimum atomic E-state index is -1.38. The Kier molecular flexibility index (Phi) is 8.82. The molecule has 3 rings (SSSR count). The first-order chi connectivity index (χ1) is 15.1. The molecule has 1 aliphatic carbocycles. The van der Waals surface area contributed by atoms with Gasteiger partial charge in [-0.2, -0.15) is 0 Å². The Labute approximate surface area is 209 Å². The number of rotatable bonds is 6. The number of hydrogen-bond donors (Lipinski definition) is 4. The van der Waals surface area contributed by atoms with Crippen LogP contribution in [0, 0.1) is 0 Å². The van der Waals surface area contributed by atoms with Gasteiger partial charge < -0.3 is 21.3 Å². The highest BCUT2D eigenvalue weighted by Gasteiger charge is 2.49. The van der Waals surface area contributed by atoms with Crippen molar-refractivity contribution in [3.63, 3.8) is 0 Å². The smallest absolute Gasteiger partial charge is 0.0728 e. The van der Waals surface area contributed by atoms with E-state index in [1.807, 2.05) is 0 Å². The van der Waals surface area contributed by atoms with Crippen LogP contribution in [0.15, 0.2) is 22.4 Å². The monoisotopic (exact) mass is 510 g/mol. The third-order valence-corrected chi connectivity index (χ3v) is 15.1. The molecule has 3 aliphatic rings. The van der Waals surface area contributed by atoms with E-state index in [1.165, 1.54) is 12.6 Å². The van der Waals surface area contributed by atoms with Crippen molar-refractivity contribution in [1.29, 1.82) is 0 Å². The van der Waals surface area contributed by atoms with Crippen molar-refractivity contribution in [3.05, 3.63) is 22.4 Å². The quantitative estimate of drug-likeness (QED) is 0.318. The second kappa shape index (κ2) is 10.4. The van der Waals surface area contributed by atoms with E-state index in [9.17, 15) is 0 Å². The summed E-state index contributed by atoms with van der Waals surface area (Å²) in [5.41, 5.74) is 3.37. The van der Waals surface area contributed by atoms with Gasteiger partial charge in [-0.1, -0.05) is 80.4 Å². The molecule has 3 unspecified atom stereocenters. The third kappa shape index (κ3) is 6.40. The van der Waals surface area contributed by atoms with Gasteiger partial charge in [0.1, 0.15) is 0 Å². The minimum absolute atomic E-state index is 0.00481. The van der Waals surface area contributed by atoms with Gasteiger partial charge in [0, 0.05) is 56.5 Å². The van der Waals surface area contributed by atoms with Crippen molar-refractivity contribution < 1.29 is 0 Å². The maximum atomic E-state index is 3.93. The second-order valence-corrected chi connectivity index (χ2v) is 23.3. The van der Waals surface area contributed by atoms with Gasteiger partial charge in [-0.15, -0.1) is 9.24 Å². The Morgan fingerprint density at radius 3 is 1.73 bits per heavy atom. The molecule has 0 amide bonds. The van der Waals surface area contributed by atoms with E-state index in [0.717, 1.165) is 39.3 Å². The summed E-state index contributed by atoms with van der Waals surface area (Å²) < 4.78 is 0. The van der Waals surface area contributed by atoms with Crippen LogP contribution >= 0.6 is 17.2 Å². The van der Waals surface area contributed by atoms with E-state index in [1.54, 1.807) is 16.3 Å². The third-order valence-electron chi connectivity index (χ3n) is 7.77. The highest BCUT2D eigenvalue weighted by Crippen LogP contribution is 2.61. The maximum Gasteiger partial charge on any atom is 0.0728 e. The molecule has 0 saturated carbocycles. The summed E-state index contributed by atoms with van der Waals surface area (Å²) in [7, 11) is 1.86. The molecular weight excluding hydrogens is 458 g/mol. The van der Waals surface area contributed by atoms with E-state index in [-0.39, 0.29) is 13.1 Å². The maximum absolute atomic E-state index is 3.93. The average molecular weight is 511 g/mol. The zero-order chi connectivity index (χ0) is 24.7. The summed E-state index contributed by atoms with van der Waals surface area (Å²) in [6.45, 7) is 28.7. The zero-order valence-corrected chi connectivity index (χ0v) is 26.0. The fraction of sp³-hybridized carbons (Fsp3) is 0.846. The van der Waals surface area contributed by atoms with Crippen molar-refractivity contribution in [2.45, 2.75) is 95.2 Å². The lowest BCUT2D eigenvalue weighted by Gasteiger charge is -2.50. The average Bonchev–Trinajstić information content (AvgIpc) is 3.16. The molecule has 0 radical (unpaired) electrons. The van der Waals surface area contributed by atoms with Crippen LogP contribution in [0.3, 0.4) is 0 Å². The molecule has 2 aliphatic heterocycles. The van der Waals surface area contributed by atoms with Gasteiger partial charge in [-0.25, -0.2) is 0 Å². The zero-order valence-electron chi connectivity index (χ0n) is 22.9. The van der Waals surface area contributed by atoms with E-state index in [0.29, 0.717) is 22.4 Å². The van der Waals surface area contributed by atoms with Crippen LogP contribution in [0.1, 0.15) is 48.0 Å². The Hall–Kier alpha value is 0.397. The topological polar surface area (TPSA) is 48.1 Å². The molecule has 7 heteroatoms. The summed E-state index contributed by atoms with van der Waals surface area (Å²) in [6.07, 6.45) is 5.09. The summed E-state index contributed by atoms with van der Waals surface area (Å²) in [6, 6.07) is 0.840. The molecular formula is C26H52N4P2Si. The van der Waals surface area contributed by atoms with E-state index in [4.69, 9.17) is 0 Å². The predicted molar refractivity (Wildman–Crippen MR) is 156 cm³/mol. The van der Waals surface area contributed by atoms with Gasteiger partial charge in [0.25, 0.3) is 0 Å². The second-order valence-electron chi connectivity index (χ2n) is 13.4. The molecule has 2 heterocycles. The van der Waals surface area contributed by atoms with E-state index in [2.05, 4.69) is 97.8 Å². The van der Waals surface area contributed by atoms with Gasteiger partial charge in [-0.05, 0) is 34.0 Å². The Morgan fingerprint density at radius 2 is 1.36 bits per heavy atom. The Balaban J connectivity index is 2.11. The SMILES string of the molecule is CC(C)(C)P(CC1=C(C(P)(C2CNCCN2)C2CNCCN2)CC([Si](C)(C)C)=C1)C(C)(C)C. The Morgan fingerprint density at radius 1 is 0.879 bits per heavy atom. The first-order valence-corrected chi connectivity index (χ1v) is 18.6. The van der Waals surface area contributed by atoms with Gasteiger partial charge in [0.15, 0.2) is 0 Å². The van der Waals surface area contributed by atoms with Crippen LogP contribution in [0.5, 0.6) is 0 Å². The molecule has 2 saturated heterocycles. The molecule has 0 aromatic rings. The summed E-state index contributed by atoms with van der Waals surface area (Å²) in [4.78, 5) is 0. The van der Waals surface area contributed by atoms with E-state index < -0.39 is 8.07 Å². The Bertz CT molecular complexity index is 714. The molecule has 3 atom stereocenters. The lowest BCUT2D eigenvalue weighted by atomic mass is 9.79. The molecule has 0 aromatic carbocycles. The predicted octanol–water partition coefficient (Wildman–Crippen LogP) is 4.31. The van der Waals surface area contributed by atoms with Crippen molar-refractivity contribution >= 4 is 25.2 Å². The fourth-order valence-corrected chi connectivity index (χ4v) is 11.7. The van der Waals surface area contributed by atoms with Crippen molar-refractivity contribution in [2.75, 3.05) is 45.4 Å². The number of allylic oxidation sites excluding steroid dienone is 3. The van der Waals surface area contributed by atoms with Crippen LogP contribution in [-0.2, 0) is 0 Å². The summed E-state index contributed by atoms with van der Waals surface area (Å²) >= 11 is 0. The van der Waals surface area contributed by atoms with E-state index >= 15 is 0 Å². The highest BCUT2D eigenvalue weighted by atomic mass is 31.1. The standard InChI is InChI=1S/C26H52N4P2Si/c1-24(2,3)32(25(4,5)6)18-19-14-20(33(7,8)9)15-21(19)26(31,22-16-27-10-12-29-22)23-17-28-11-13-30-23/h14,22-23,27-30H,10-13,15-18,31H2,1-9H3. The minimum Gasteiger partial charge on any atom is -0.314 e. The number of nitrogens with one attached hydrogen (secondary N) is 4. The van der Waals surface area contributed by atoms with Crippen LogP contribution in [-0.4, -0.2) is 81.1 Å². The van der Waals surface area contributed by atoms with Crippen molar-refractivity contribution in [1.82, 2.24) is 21.3 Å². The lowest BCUT2D eigenvalue weighted by Crippen LogP contribution is -2.69. The van der Waals surface area contributed by atoms with Gasteiger partial charge in [-0.3, -0.25) is 0 Å². The first kappa shape index (κ1) is 28.0. The van der Waals surface area contributed by atoms with Crippen LogP contribution in [0.25, 0.3) is 0 Å². The lowest BCUT2D eigenvalue weighted by molar-refractivity contribution is 0.277. The molecule has 190 valence electrons. The largest absolute Gasteiger partial charge is 0.314 e. The normalized spacial score (nSPS) is 27.7. The van der Waals surface area contributed by atoms with Gasteiger partial charge >= 0.3 is 0 Å². The molecule has 0 spiro atoms. The molecule has 0 aromatic heterocycles.